The van der Waals surface area contributed by atoms with Crippen molar-refractivity contribution in [1.29, 1.82) is 0 Å². The summed E-state index contributed by atoms with van der Waals surface area (Å²) in [5, 5.41) is 18.6. The molecule has 1 aromatic carbocycles. The molecule has 2 N–H and O–H groups in total. The molecule has 29 heavy (non-hydrogen) atoms. The van der Waals surface area contributed by atoms with Crippen LogP contribution in [0, 0.1) is 0 Å². The second kappa shape index (κ2) is 13.6. The highest BCUT2D eigenvalue weighted by Gasteiger charge is 2.08. The molecule has 2 aromatic rings. The van der Waals surface area contributed by atoms with E-state index < -0.39 is 5.97 Å². The Balaban J connectivity index is 1.37. The summed E-state index contributed by atoms with van der Waals surface area (Å²) in [5.41, 5.74) is 1.60. The third-order valence-electron chi connectivity index (χ3n) is 3.62. The number of amides is 1. The number of benzene rings is 1. The lowest BCUT2D eigenvalue weighted by Crippen LogP contribution is -2.27. The second-order valence-corrected chi connectivity index (χ2v) is 5.82. The predicted octanol–water partition coefficient (Wildman–Crippen LogP) is 0.494. The zero-order valence-electron chi connectivity index (χ0n) is 16.0. The number of hydrogen-bond acceptors (Lipinski definition) is 9. The minimum absolute atomic E-state index is 0.0109. The van der Waals surface area contributed by atoms with Crippen LogP contribution in [0.1, 0.15) is 16.8 Å². The number of nitrogens with zero attached hydrogens (tertiary/aromatic N) is 2. The molecule has 11 heteroatoms. The van der Waals surface area contributed by atoms with Gasteiger partial charge < -0.3 is 29.4 Å². The summed E-state index contributed by atoms with van der Waals surface area (Å²) in [6.07, 6.45) is -0.0109. The maximum Gasteiger partial charge on any atom is 0.305 e. The number of nitrogens with one attached hydrogen (secondary N) is 1. The van der Waals surface area contributed by atoms with Crippen LogP contribution in [-0.4, -0.2) is 86.7 Å². The van der Waals surface area contributed by atoms with E-state index in [1.165, 1.54) is 0 Å². The number of fused-ring (bicyclic) bond motifs is 1. The fraction of sp³-hybridized carbons (Fsp3) is 0.556. The topological polar surface area (TPSA) is 142 Å². The maximum absolute atomic E-state index is 12.0. The van der Waals surface area contributed by atoms with Gasteiger partial charge in [0.05, 0.1) is 59.3 Å². The maximum atomic E-state index is 12.0. The molecule has 0 atom stereocenters. The van der Waals surface area contributed by atoms with Crippen LogP contribution in [0.3, 0.4) is 0 Å². The summed E-state index contributed by atoms with van der Waals surface area (Å²) < 4.78 is 25.7. The Bertz CT molecular complexity index is 752. The number of carboxylic acid groups (broad SMARTS) is 1. The van der Waals surface area contributed by atoms with Gasteiger partial charge in [-0.1, -0.05) is 0 Å². The number of carboxylic acids is 1. The zero-order valence-corrected chi connectivity index (χ0v) is 16.0. The molecule has 0 fully saturated rings. The van der Waals surface area contributed by atoms with Gasteiger partial charge in [0.1, 0.15) is 11.0 Å². The first-order valence-electron chi connectivity index (χ1n) is 9.20. The Morgan fingerprint density at radius 3 is 2.10 bits per heavy atom. The van der Waals surface area contributed by atoms with Gasteiger partial charge in [-0.05, 0) is 28.5 Å². The van der Waals surface area contributed by atoms with E-state index in [0.717, 1.165) is 0 Å². The Hall–Kier alpha value is -2.60. The molecule has 0 radical (unpaired) electrons. The largest absolute Gasteiger partial charge is 0.481 e. The highest BCUT2D eigenvalue weighted by atomic mass is 16.6. The highest BCUT2D eigenvalue weighted by Crippen LogP contribution is 2.11. The Morgan fingerprint density at radius 1 is 0.862 bits per heavy atom. The molecular formula is C18H25N3O8. The minimum Gasteiger partial charge on any atom is -0.481 e. The Morgan fingerprint density at radius 2 is 1.45 bits per heavy atom. The van der Waals surface area contributed by atoms with Crippen LogP contribution in [0.15, 0.2) is 22.8 Å². The van der Waals surface area contributed by atoms with Crippen molar-refractivity contribution in [2.24, 2.45) is 0 Å². The van der Waals surface area contributed by atoms with E-state index in [1.807, 2.05) is 0 Å². The monoisotopic (exact) mass is 411 g/mol. The molecule has 0 aliphatic rings. The number of hydrogen-bond donors (Lipinski definition) is 2. The zero-order chi connectivity index (χ0) is 20.7. The minimum atomic E-state index is -0.883. The first kappa shape index (κ1) is 22.7. The van der Waals surface area contributed by atoms with E-state index in [1.54, 1.807) is 18.2 Å². The van der Waals surface area contributed by atoms with Crippen LogP contribution in [0.25, 0.3) is 11.0 Å². The van der Waals surface area contributed by atoms with E-state index in [2.05, 4.69) is 20.3 Å². The van der Waals surface area contributed by atoms with Crippen molar-refractivity contribution in [2.75, 3.05) is 59.4 Å². The molecule has 2 rings (SSSR count). The average molecular weight is 411 g/mol. The van der Waals surface area contributed by atoms with Gasteiger partial charge in [0.15, 0.2) is 0 Å². The van der Waals surface area contributed by atoms with E-state index in [0.29, 0.717) is 69.4 Å². The molecule has 1 aromatic heterocycles. The summed E-state index contributed by atoms with van der Waals surface area (Å²) in [6, 6.07) is 4.94. The van der Waals surface area contributed by atoms with Crippen molar-refractivity contribution < 1.29 is 38.3 Å². The van der Waals surface area contributed by atoms with Crippen molar-refractivity contribution >= 4 is 22.9 Å². The second-order valence-electron chi connectivity index (χ2n) is 5.82. The van der Waals surface area contributed by atoms with Gasteiger partial charge >= 0.3 is 5.97 Å². The van der Waals surface area contributed by atoms with E-state index in [9.17, 15) is 9.59 Å². The average Bonchev–Trinajstić information content (AvgIpc) is 3.18. The van der Waals surface area contributed by atoms with E-state index >= 15 is 0 Å². The smallest absolute Gasteiger partial charge is 0.305 e. The summed E-state index contributed by atoms with van der Waals surface area (Å²) in [7, 11) is 0. The molecule has 0 aliphatic heterocycles. The van der Waals surface area contributed by atoms with Crippen molar-refractivity contribution in [2.45, 2.75) is 6.42 Å². The third-order valence-corrected chi connectivity index (χ3v) is 3.62. The summed E-state index contributed by atoms with van der Waals surface area (Å²) >= 11 is 0. The highest BCUT2D eigenvalue weighted by molar-refractivity contribution is 5.97. The summed E-state index contributed by atoms with van der Waals surface area (Å²) in [4.78, 5) is 22.3. The summed E-state index contributed by atoms with van der Waals surface area (Å²) in [6.45, 7) is 3.34. The standard InChI is InChI=1S/C18H25N3O8/c22-17(23)3-5-25-7-9-27-11-12-28-10-8-26-6-4-19-18(24)14-1-2-15-16(13-14)21-29-20-15/h1-2,13H,3-12H2,(H,19,24)(H,22,23). The fourth-order valence-corrected chi connectivity index (χ4v) is 2.18. The lowest BCUT2D eigenvalue weighted by Gasteiger charge is -2.08. The fourth-order valence-electron chi connectivity index (χ4n) is 2.18. The summed E-state index contributed by atoms with van der Waals surface area (Å²) in [5.74, 6) is -1.11. The van der Waals surface area contributed by atoms with Crippen LogP contribution in [-0.2, 0) is 23.7 Å². The molecular weight excluding hydrogens is 386 g/mol. The van der Waals surface area contributed by atoms with E-state index in [-0.39, 0.29) is 18.9 Å². The van der Waals surface area contributed by atoms with Gasteiger partial charge in [-0.15, -0.1) is 0 Å². The molecule has 11 nitrogen and oxygen atoms in total. The molecule has 1 amide bonds. The van der Waals surface area contributed by atoms with Crippen molar-refractivity contribution in [1.82, 2.24) is 15.6 Å². The molecule has 0 spiro atoms. The lowest BCUT2D eigenvalue weighted by molar-refractivity contribution is -0.138. The first-order chi connectivity index (χ1) is 14.2. The molecule has 0 aliphatic carbocycles. The van der Waals surface area contributed by atoms with Gasteiger partial charge in [0.25, 0.3) is 5.91 Å². The van der Waals surface area contributed by atoms with Crippen LogP contribution < -0.4 is 5.32 Å². The van der Waals surface area contributed by atoms with Gasteiger partial charge in [0, 0.05) is 12.1 Å². The number of aromatic nitrogens is 2. The van der Waals surface area contributed by atoms with Crippen molar-refractivity contribution in [3.05, 3.63) is 23.8 Å². The molecule has 0 unspecified atom stereocenters. The molecule has 0 saturated carbocycles. The predicted molar refractivity (Wildman–Crippen MR) is 99.7 cm³/mol. The number of carbonyl (C=O) groups is 2. The van der Waals surface area contributed by atoms with Crippen LogP contribution >= 0.6 is 0 Å². The van der Waals surface area contributed by atoms with Gasteiger partial charge in [0.2, 0.25) is 0 Å². The van der Waals surface area contributed by atoms with Gasteiger partial charge in [-0.3, -0.25) is 9.59 Å². The van der Waals surface area contributed by atoms with Gasteiger partial charge in [-0.2, -0.15) is 0 Å². The normalized spacial score (nSPS) is 11.0. The van der Waals surface area contributed by atoms with Crippen LogP contribution in [0.5, 0.6) is 0 Å². The first-order valence-corrected chi connectivity index (χ1v) is 9.20. The quantitative estimate of drug-likeness (QED) is 0.375. The number of carbonyl (C=O) groups excluding carboxylic acids is 1. The number of ether oxygens (including phenoxy) is 4. The third kappa shape index (κ3) is 9.43. The van der Waals surface area contributed by atoms with Crippen LogP contribution in [0.4, 0.5) is 0 Å². The lowest BCUT2D eigenvalue weighted by atomic mass is 10.2. The molecule has 0 saturated heterocycles. The molecule has 1 heterocycles. The SMILES string of the molecule is O=C(O)CCOCCOCCOCCOCCNC(=O)c1ccc2nonc2c1. The molecule has 0 bridgehead atoms. The molecule has 160 valence electrons. The van der Waals surface area contributed by atoms with Crippen molar-refractivity contribution in [3.8, 4) is 0 Å². The Kier molecular flexibility index (Phi) is 10.6. The van der Waals surface area contributed by atoms with Gasteiger partial charge in [-0.25, -0.2) is 4.63 Å². The number of rotatable bonds is 16. The van der Waals surface area contributed by atoms with Crippen molar-refractivity contribution in [3.63, 3.8) is 0 Å². The number of aliphatic carboxylic acids is 1. The van der Waals surface area contributed by atoms with E-state index in [4.69, 9.17) is 24.1 Å². The Labute approximate surface area is 167 Å². The van der Waals surface area contributed by atoms with Crippen LogP contribution in [0.2, 0.25) is 0 Å².